The number of hydrogen-bond acceptors (Lipinski definition) is 2. The van der Waals surface area contributed by atoms with E-state index in [4.69, 9.17) is 16.3 Å². The van der Waals surface area contributed by atoms with Crippen molar-refractivity contribution in [3.05, 3.63) is 34.6 Å². The molecule has 2 nitrogen and oxygen atoms in total. The number of benzene rings is 1. The summed E-state index contributed by atoms with van der Waals surface area (Å²) in [5.74, 6) is -0.284. The fourth-order valence-corrected chi connectivity index (χ4v) is 2.75. The maximum atomic E-state index is 14.0. The monoisotopic (exact) mass is 301 g/mol. The van der Waals surface area contributed by atoms with Gasteiger partial charge in [-0.2, -0.15) is 0 Å². The van der Waals surface area contributed by atoms with Gasteiger partial charge >= 0.3 is 0 Å². The lowest BCUT2D eigenvalue weighted by Gasteiger charge is -2.30. The second kappa shape index (κ2) is 8.60. The van der Waals surface area contributed by atoms with Crippen molar-refractivity contribution in [1.82, 2.24) is 5.32 Å². The number of halogens is 2. The van der Waals surface area contributed by atoms with Crippen molar-refractivity contribution in [3.8, 4) is 0 Å². The van der Waals surface area contributed by atoms with E-state index in [9.17, 15) is 4.39 Å². The highest BCUT2D eigenvalue weighted by Crippen LogP contribution is 2.30. The van der Waals surface area contributed by atoms with E-state index in [1.54, 1.807) is 13.2 Å². The third kappa shape index (κ3) is 5.39. The Morgan fingerprint density at radius 1 is 1.40 bits per heavy atom. The molecule has 0 aliphatic heterocycles. The first-order valence-electron chi connectivity index (χ1n) is 7.15. The number of rotatable bonds is 9. The van der Waals surface area contributed by atoms with E-state index in [0.717, 1.165) is 25.9 Å². The summed E-state index contributed by atoms with van der Waals surface area (Å²) in [4.78, 5) is 0. The molecule has 1 rings (SSSR count). The maximum Gasteiger partial charge on any atom is 0.144 e. The molecular formula is C16H25ClFNO. The third-order valence-electron chi connectivity index (χ3n) is 3.54. The standard InChI is InChI=1S/C16H25ClFNO/c1-4-8-16(2,12-19-9-10-20-3)11-13-6-5-7-14(17)15(13)18/h5-7,19H,4,8-12H2,1-3H3. The van der Waals surface area contributed by atoms with Crippen LogP contribution in [-0.2, 0) is 11.2 Å². The first kappa shape index (κ1) is 17.4. The summed E-state index contributed by atoms with van der Waals surface area (Å²) in [6.07, 6.45) is 2.80. The average molecular weight is 302 g/mol. The highest BCUT2D eigenvalue weighted by atomic mass is 35.5. The molecule has 20 heavy (non-hydrogen) atoms. The zero-order valence-electron chi connectivity index (χ0n) is 12.6. The summed E-state index contributed by atoms with van der Waals surface area (Å²) in [5, 5.41) is 3.59. The fraction of sp³-hybridized carbons (Fsp3) is 0.625. The van der Waals surface area contributed by atoms with Crippen LogP contribution in [0.15, 0.2) is 18.2 Å². The molecule has 0 spiro atoms. The summed E-state index contributed by atoms with van der Waals surface area (Å²) in [6.45, 7) is 6.69. The zero-order chi connectivity index (χ0) is 15.0. The first-order valence-corrected chi connectivity index (χ1v) is 7.53. The van der Waals surface area contributed by atoms with Crippen LogP contribution in [0.2, 0.25) is 5.02 Å². The SMILES string of the molecule is CCCC(C)(CNCCOC)Cc1cccc(Cl)c1F. The molecule has 4 heteroatoms. The summed E-state index contributed by atoms with van der Waals surface area (Å²) >= 11 is 5.86. The zero-order valence-corrected chi connectivity index (χ0v) is 13.4. The van der Waals surface area contributed by atoms with E-state index in [1.165, 1.54) is 0 Å². The van der Waals surface area contributed by atoms with Crippen LogP contribution in [0.25, 0.3) is 0 Å². The van der Waals surface area contributed by atoms with Gasteiger partial charge in [-0.1, -0.05) is 44.0 Å². The second-order valence-electron chi connectivity index (χ2n) is 5.62. The van der Waals surface area contributed by atoms with Crippen LogP contribution in [-0.4, -0.2) is 26.8 Å². The molecule has 0 amide bonds. The van der Waals surface area contributed by atoms with Crippen molar-refractivity contribution in [2.45, 2.75) is 33.1 Å². The van der Waals surface area contributed by atoms with Crippen LogP contribution in [0.4, 0.5) is 4.39 Å². The molecule has 1 aromatic rings. The molecular weight excluding hydrogens is 277 g/mol. The molecule has 0 saturated carbocycles. The van der Waals surface area contributed by atoms with Gasteiger partial charge in [-0.05, 0) is 29.9 Å². The molecule has 0 saturated heterocycles. The smallest absolute Gasteiger partial charge is 0.144 e. The Bertz CT molecular complexity index is 413. The number of ether oxygens (including phenoxy) is 1. The van der Waals surface area contributed by atoms with Gasteiger partial charge in [0.1, 0.15) is 5.82 Å². The Labute approximate surface area is 126 Å². The molecule has 0 bridgehead atoms. The minimum atomic E-state index is -0.284. The van der Waals surface area contributed by atoms with Crippen LogP contribution in [0.1, 0.15) is 32.3 Å². The van der Waals surface area contributed by atoms with Crippen LogP contribution < -0.4 is 5.32 Å². The Kier molecular flexibility index (Phi) is 7.49. The van der Waals surface area contributed by atoms with E-state index >= 15 is 0 Å². The molecule has 0 fully saturated rings. The van der Waals surface area contributed by atoms with Crippen molar-refractivity contribution in [3.63, 3.8) is 0 Å². The average Bonchev–Trinajstić information content (AvgIpc) is 2.41. The number of methoxy groups -OCH3 is 1. The van der Waals surface area contributed by atoms with E-state index < -0.39 is 0 Å². The van der Waals surface area contributed by atoms with Crippen molar-refractivity contribution >= 4 is 11.6 Å². The van der Waals surface area contributed by atoms with Crippen molar-refractivity contribution in [1.29, 1.82) is 0 Å². The molecule has 1 aromatic carbocycles. The van der Waals surface area contributed by atoms with Crippen LogP contribution in [0, 0.1) is 11.2 Å². The molecule has 114 valence electrons. The number of nitrogens with one attached hydrogen (secondary N) is 1. The highest BCUT2D eigenvalue weighted by Gasteiger charge is 2.25. The molecule has 1 atom stereocenters. The van der Waals surface area contributed by atoms with Gasteiger partial charge < -0.3 is 10.1 Å². The summed E-state index contributed by atoms with van der Waals surface area (Å²) < 4.78 is 19.1. The van der Waals surface area contributed by atoms with Gasteiger partial charge in [0.25, 0.3) is 0 Å². The maximum absolute atomic E-state index is 14.0. The summed E-state index contributed by atoms with van der Waals surface area (Å²) in [7, 11) is 1.69. The molecule has 0 aliphatic carbocycles. The lowest BCUT2D eigenvalue weighted by molar-refractivity contribution is 0.189. The van der Waals surface area contributed by atoms with Crippen molar-refractivity contribution in [2.24, 2.45) is 5.41 Å². The minimum Gasteiger partial charge on any atom is -0.383 e. The van der Waals surface area contributed by atoms with Crippen molar-refractivity contribution in [2.75, 3.05) is 26.8 Å². The summed E-state index contributed by atoms with van der Waals surface area (Å²) in [5.41, 5.74) is 0.718. The van der Waals surface area contributed by atoms with E-state index in [0.29, 0.717) is 18.6 Å². The predicted molar refractivity (Wildman–Crippen MR) is 82.9 cm³/mol. The lowest BCUT2D eigenvalue weighted by Crippen LogP contribution is -2.35. The van der Waals surface area contributed by atoms with E-state index in [-0.39, 0.29) is 16.3 Å². The summed E-state index contributed by atoms with van der Waals surface area (Å²) in [6, 6.07) is 5.23. The Morgan fingerprint density at radius 2 is 2.15 bits per heavy atom. The molecule has 0 radical (unpaired) electrons. The largest absolute Gasteiger partial charge is 0.383 e. The lowest BCUT2D eigenvalue weighted by atomic mass is 9.79. The van der Waals surface area contributed by atoms with Gasteiger partial charge in [-0.15, -0.1) is 0 Å². The molecule has 0 aromatic heterocycles. The molecule has 1 N–H and O–H groups in total. The highest BCUT2D eigenvalue weighted by molar-refractivity contribution is 6.30. The third-order valence-corrected chi connectivity index (χ3v) is 3.83. The molecule has 0 heterocycles. The Hall–Kier alpha value is -0.640. The normalized spacial score (nSPS) is 14.2. The molecule has 1 unspecified atom stereocenters. The van der Waals surface area contributed by atoms with E-state index in [1.807, 2.05) is 12.1 Å². The van der Waals surface area contributed by atoms with Crippen LogP contribution in [0.3, 0.4) is 0 Å². The first-order chi connectivity index (χ1) is 9.52. The Morgan fingerprint density at radius 3 is 2.80 bits per heavy atom. The van der Waals surface area contributed by atoms with Gasteiger partial charge in [0, 0.05) is 20.2 Å². The number of hydrogen-bond donors (Lipinski definition) is 1. The van der Waals surface area contributed by atoms with Crippen molar-refractivity contribution < 1.29 is 9.13 Å². The Balaban J connectivity index is 2.71. The fourth-order valence-electron chi connectivity index (χ4n) is 2.55. The van der Waals surface area contributed by atoms with Gasteiger partial charge in [0.15, 0.2) is 0 Å². The van der Waals surface area contributed by atoms with Gasteiger partial charge in [-0.25, -0.2) is 4.39 Å². The predicted octanol–water partition coefficient (Wildman–Crippen LogP) is 4.06. The molecule has 0 aliphatic rings. The second-order valence-corrected chi connectivity index (χ2v) is 6.03. The van der Waals surface area contributed by atoms with Crippen LogP contribution >= 0.6 is 11.6 Å². The van der Waals surface area contributed by atoms with Gasteiger partial charge in [0.05, 0.1) is 11.6 Å². The topological polar surface area (TPSA) is 21.3 Å². The quantitative estimate of drug-likeness (QED) is 0.694. The van der Waals surface area contributed by atoms with Crippen LogP contribution in [0.5, 0.6) is 0 Å². The van der Waals surface area contributed by atoms with Gasteiger partial charge in [-0.3, -0.25) is 0 Å². The van der Waals surface area contributed by atoms with E-state index in [2.05, 4.69) is 19.2 Å². The van der Waals surface area contributed by atoms with Gasteiger partial charge in [0.2, 0.25) is 0 Å². The minimum absolute atomic E-state index is 0.0218.